The Balaban J connectivity index is 2.04. The molecule has 0 unspecified atom stereocenters. The Kier molecular flexibility index (Phi) is 3.80. The highest BCUT2D eigenvalue weighted by molar-refractivity contribution is 4.73. The summed E-state index contributed by atoms with van der Waals surface area (Å²) in [6.07, 6.45) is 5.53. The normalized spacial score (nSPS) is 10.9. The van der Waals surface area contributed by atoms with Crippen molar-refractivity contribution in [2.45, 2.75) is 20.4 Å². The molecule has 0 aromatic carbocycles. The molecule has 1 rings (SSSR count). The monoisotopic (exact) mass is 168 g/mol. The van der Waals surface area contributed by atoms with Gasteiger partial charge < -0.3 is 9.30 Å². The maximum absolute atomic E-state index is 5.42. The molecule has 12 heavy (non-hydrogen) atoms. The summed E-state index contributed by atoms with van der Waals surface area (Å²) in [7, 11) is 0. The smallest absolute Gasteiger partial charge is 0.0946 e. The van der Waals surface area contributed by atoms with Crippen molar-refractivity contribution < 1.29 is 4.74 Å². The number of hydrogen-bond acceptors (Lipinski definition) is 2. The third kappa shape index (κ3) is 3.53. The van der Waals surface area contributed by atoms with E-state index in [1.54, 1.807) is 12.5 Å². The highest BCUT2D eigenvalue weighted by atomic mass is 16.5. The molecule has 0 N–H and O–H groups in total. The van der Waals surface area contributed by atoms with Gasteiger partial charge in [0.25, 0.3) is 0 Å². The first kappa shape index (κ1) is 9.26. The highest BCUT2D eigenvalue weighted by Crippen LogP contribution is 1.93. The maximum Gasteiger partial charge on any atom is 0.0946 e. The van der Waals surface area contributed by atoms with E-state index in [1.165, 1.54) is 0 Å². The van der Waals surface area contributed by atoms with Crippen LogP contribution in [0.15, 0.2) is 18.7 Å². The predicted octanol–water partition coefficient (Wildman–Crippen LogP) is 1.56. The van der Waals surface area contributed by atoms with Crippen LogP contribution < -0.4 is 0 Å². The Bertz CT molecular complexity index is 194. The molecule has 0 aliphatic heterocycles. The molecule has 3 nitrogen and oxygen atoms in total. The lowest BCUT2D eigenvalue weighted by atomic mass is 10.2. The molecule has 1 aromatic heterocycles. The summed E-state index contributed by atoms with van der Waals surface area (Å²) in [6.45, 7) is 6.81. The van der Waals surface area contributed by atoms with E-state index in [1.807, 2.05) is 10.8 Å². The maximum atomic E-state index is 5.42. The van der Waals surface area contributed by atoms with Crippen molar-refractivity contribution in [3.63, 3.8) is 0 Å². The second-order valence-electron chi connectivity index (χ2n) is 3.27. The van der Waals surface area contributed by atoms with Gasteiger partial charge in [-0.05, 0) is 5.92 Å². The molecule has 3 heteroatoms. The molecule has 0 radical (unpaired) electrons. The molecule has 0 bridgehead atoms. The quantitative estimate of drug-likeness (QED) is 0.624. The van der Waals surface area contributed by atoms with Crippen molar-refractivity contribution >= 4 is 0 Å². The van der Waals surface area contributed by atoms with E-state index in [9.17, 15) is 0 Å². The summed E-state index contributed by atoms with van der Waals surface area (Å²) >= 11 is 0. The lowest BCUT2D eigenvalue weighted by Crippen LogP contribution is -2.08. The van der Waals surface area contributed by atoms with E-state index < -0.39 is 0 Å². The average molecular weight is 168 g/mol. The lowest BCUT2D eigenvalue weighted by Gasteiger charge is -2.06. The molecule has 0 atom stereocenters. The SMILES string of the molecule is CC(C)COCCn1ccnc1. The Morgan fingerprint density at radius 1 is 1.50 bits per heavy atom. The van der Waals surface area contributed by atoms with Crippen LogP contribution >= 0.6 is 0 Å². The summed E-state index contributed by atoms with van der Waals surface area (Å²) in [5.41, 5.74) is 0. The zero-order chi connectivity index (χ0) is 8.81. The lowest BCUT2D eigenvalue weighted by molar-refractivity contribution is 0.103. The van der Waals surface area contributed by atoms with Gasteiger partial charge in [-0.3, -0.25) is 0 Å². The first-order valence-corrected chi connectivity index (χ1v) is 4.32. The van der Waals surface area contributed by atoms with Crippen molar-refractivity contribution in [2.24, 2.45) is 5.92 Å². The van der Waals surface area contributed by atoms with Crippen LogP contribution in [0.5, 0.6) is 0 Å². The molecule has 0 amide bonds. The van der Waals surface area contributed by atoms with Gasteiger partial charge >= 0.3 is 0 Å². The van der Waals surface area contributed by atoms with Gasteiger partial charge in [-0.1, -0.05) is 13.8 Å². The third-order valence-corrected chi connectivity index (χ3v) is 1.50. The predicted molar refractivity (Wildman–Crippen MR) is 47.9 cm³/mol. The Morgan fingerprint density at radius 2 is 2.33 bits per heavy atom. The number of rotatable bonds is 5. The number of hydrogen-bond donors (Lipinski definition) is 0. The van der Waals surface area contributed by atoms with Crippen molar-refractivity contribution in [1.29, 1.82) is 0 Å². The van der Waals surface area contributed by atoms with Crippen LogP contribution in [0, 0.1) is 5.92 Å². The molecule has 0 fully saturated rings. The first-order valence-electron chi connectivity index (χ1n) is 4.32. The zero-order valence-electron chi connectivity index (χ0n) is 7.73. The summed E-state index contributed by atoms with van der Waals surface area (Å²) in [4.78, 5) is 3.94. The Labute approximate surface area is 73.4 Å². The number of ether oxygens (including phenoxy) is 1. The van der Waals surface area contributed by atoms with E-state index >= 15 is 0 Å². The summed E-state index contributed by atoms with van der Waals surface area (Å²) in [5.74, 6) is 0.618. The number of aromatic nitrogens is 2. The molecule has 1 heterocycles. The third-order valence-electron chi connectivity index (χ3n) is 1.50. The van der Waals surface area contributed by atoms with Crippen LogP contribution in [-0.2, 0) is 11.3 Å². The van der Waals surface area contributed by atoms with Gasteiger partial charge in [-0.25, -0.2) is 4.98 Å². The molecule has 0 saturated carbocycles. The summed E-state index contributed by atoms with van der Waals surface area (Å²) in [5, 5.41) is 0. The molecule has 0 aliphatic rings. The molecular formula is C9H16N2O. The standard InChI is InChI=1S/C9H16N2O/c1-9(2)7-12-6-5-11-4-3-10-8-11/h3-4,8-9H,5-7H2,1-2H3. The minimum absolute atomic E-state index is 0.618. The molecular weight excluding hydrogens is 152 g/mol. The average Bonchev–Trinajstić information content (AvgIpc) is 2.49. The second kappa shape index (κ2) is 4.93. The minimum Gasteiger partial charge on any atom is -0.379 e. The van der Waals surface area contributed by atoms with Crippen molar-refractivity contribution in [2.75, 3.05) is 13.2 Å². The van der Waals surface area contributed by atoms with E-state index in [-0.39, 0.29) is 0 Å². The fourth-order valence-corrected chi connectivity index (χ4v) is 0.908. The van der Waals surface area contributed by atoms with Crippen LogP contribution in [0.1, 0.15) is 13.8 Å². The number of imidazole rings is 1. The van der Waals surface area contributed by atoms with Crippen LogP contribution in [0.4, 0.5) is 0 Å². The Morgan fingerprint density at radius 3 is 2.92 bits per heavy atom. The van der Waals surface area contributed by atoms with Crippen LogP contribution in [0.25, 0.3) is 0 Å². The Hall–Kier alpha value is -0.830. The van der Waals surface area contributed by atoms with Gasteiger partial charge in [0, 0.05) is 25.5 Å². The largest absolute Gasteiger partial charge is 0.379 e. The van der Waals surface area contributed by atoms with Crippen molar-refractivity contribution in [1.82, 2.24) is 9.55 Å². The highest BCUT2D eigenvalue weighted by Gasteiger charge is 1.93. The van der Waals surface area contributed by atoms with Crippen LogP contribution in [0.2, 0.25) is 0 Å². The fraction of sp³-hybridized carbons (Fsp3) is 0.667. The van der Waals surface area contributed by atoms with Gasteiger partial charge in [0.05, 0.1) is 12.9 Å². The van der Waals surface area contributed by atoms with Gasteiger partial charge in [0.2, 0.25) is 0 Å². The molecule has 0 saturated heterocycles. The van der Waals surface area contributed by atoms with Crippen molar-refractivity contribution in [3.05, 3.63) is 18.7 Å². The van der Waals surface area contributed by atoms with Gasteiger partial charge in [-0.2, -0.15) is 0 Å². The summed E-state index contributed by atoms with van der Waals surface area (Å²) < 4.78 is 7.43. The van der Waals surface area contributed by atoms with Crippen LogP contribution in [-0.4, -0.2) is 22.8 Å². The van der Waals surface area contributed by atoms with Gasteiger partial charge in [-0.15, -0.1) is 0 Å². The van der Waals surface area contributed by atoms with E-state index in [2.05, 4.69) is 18.8 Å². The second-order valence-corrected chi connectivity index (χ2v) is 3.27. The topological polar surface area (TPSA) is 27.1 Å². The van der Waals surface area contributed by atoms with Gasteiger partial charge in [0.1, 0.15) is 0 Å². The van der Waals surface area contributed by atoms with Crippen LogP contribution in [0.3, 0.4) is 0 Å². The zero-order valence-corrected chi connectivity index (χ0v) is 7.73. The van der Waals surface area contributed by atoms with E-state index in [0.29, 0.717) is 5.92 Å². The van der Waals surface area contributed by atoms with E-state index in [0.717, 1.165) is 19.8 Å². The summed E-state index contributed by atoms with van der Waals surface area (Å²) in [6, 6.07) is 0. The number of nitrogens with zero attached hydrogens (tertiary/aromatic N) is 2. The van der Waals surface area contributed by atoms with Crippen molar-refractivity contribution in [3.8, 4) is 0 Å². The minimum atomic E-state index is 0.618. The molecule has 0 aliphatic carbocycles. The van der Waals surface area contributed by atoms with E-state index in [4.69, 9.17) is 4.74 Å². The first-order chi connectivity index (χ1) is 5.79. The fourth-order valence-electron chi connectivity index (χ4n) is 0.908. The molecule has 0 spiro atoms. The molecule has 1 aromatic rings. The molecule has 68 valence electrons. The van der Waals surface area contributed by atoms with Gasteiger partial charge in [0.15, 0.2) is 0 Å².